The fourth-order valence-electron chi connectivity index (χ4n) is 2.52. The highest BCUT2D eigenvalue weighted by Gasteiger charge is 2.29. The van der Waals surface area contributed by atoms with E-state index in [1.165, 1.54) is 31.7 Å². The third-order valence-electron chi connectivity index (χ3n) is 4.00. The lowest BCUT2D eigenvalue weighted by Crippen LogP contribution is -2.28. The molecule has 0 radical (unpaired) electrons. The molecule has 1 aromatic rings. The van der Waals surface area contributed by atoms with Gasteiger partial charge in [0.2, 0.25) is 0 Å². The predicted molar refractivity (Wildman–Crippen MR) is 71.8 cm³/mol. The number of rotatable bonds is 6. The summed E-state index contributed by atoms with van der Waals surface area (Å²) in [5.74, 6) is 1.43. The number of nitriles is 1. The van der Waals surface area contributed by atoms with E-state index in [2.05, 4.69) is 4.90 Å². The standard InChI is InChI=1S/C16H19FN2/c17-16-7-14(8-18)5-6-15(16)11-19(9-12-1-2-12)10-13-3-4-13/h5-7,12-13H,1-4,9-11H2. The molecule has 2 saturated carbocycles. The second kappa shape index (κ2) is 5.30. The molecule has 0 atom stereocenters. The molecule has 2 aliphatic rings. The van der Waals surface area contributed by atoms with Gasteiger partial charge in [0.05, 0.1) is 11.6 Å². The van der Waals surface area contributed by atoms with Crippen LogP contribution in [0.3, 0.4) is 0 Å². The first-order valence-corrected chi connectivity index (χ1v) is 7.15. The van der Waals surface area contributed by atoms with Crippen LogP contribution in [0, 0.1) is 29.0 Å². The maximum Gasteiger partial charge on any atom is 0.129 e. The van der Waals surface area contributed by atoms with Gasteiger partial charge in [0, 0.05) is 25.2 Å². The molecule has 2 nitrogen and oxygen atoms in total. The molecule has 3 rings (SSSR count). The molecule has 1 aromatic carbocycles. The van der Waals surface area contributed by atoms with Crippen molar-refractivity contribution in [2.45, 2.75) is 32.2 Å². The van der Waals surface area contributed by atoms with Gasteiger partial charge in [0.1, 0.15) is 5.82 Å². The molecule has 0 amide bonds. The van der Waals surface area contributed by atoms with E-state index in [0.717, 1.165) is 30.5 Å². The zero-order chi connectivity index (χ0) is 13.2. The predicted octanol–water partition coefficient (Wildman–Crippen LogP) is 3.32. The van der Waals surface area contributed by atoms with Gasteiger partial charge in [-0.25, -0.2) is 4.39 Å². The van der Waals surface area contributed by atoms with Gasteiger partial charge in [0.15, 0.2) is 0 Å². The van der Waals surface area contributed by atoms with E-state index in [-0.39, 0.29) is 5.82 Å². The highest BCUT2D eigenvalue weighted by Crippen LogP contribution is 2.34. The quantitative estimate of drug-likeness (QED) is 0.782. The fraction of sp³-hybridized carbons (Fsp3) is 0.562. The molecule has 19 heavy (non-hydrogen) atoms. The van der Waals surface area contributed by atoms with Crippen LogP contribution in [-0.4, -0.2) is 18.0 Å². The van der Waals surface area contributed by atoms with Crippen LogP contribution >= 0.6 is 0 Å². The molecular weight excluding hydrogens is 239 g/mol. The molecule has 0 heterocycles. The average molecular weight is 258 g/mol. The van der Waals surface area contributed by atoms with E-state index in [0.29, 0.717) is 12.1 Å². The topological polar surface area (TPSA) is 27.0 Å². The van der Waals surface area contributed by atoms with Gasteiger partial charge in [-0.15, -0.1) is 0 Å². The van der Waals surface area contributed by atoms with Gasteiger partial charge in [-0.3, -0.25) is 4.90 Å². The minimum Gasteiger partial charge on any atom is -0.298 e. The van der Waals surface area contributed by atoms with Crippen molar-refractivity contribution in [3.05, 3.63) is 35.1 Å². The minimum absolute atomic E-state index is 0.240. The maximum atomic E-state index is 13.9. The van der Waals surface area contributed by atoms with Crippen LogP contribution in [0.2, 0.25) is 0 Å². The minimum atomic E-state index is -0.240. The highest BCUT2D eigenvalue weighted by atomic mass is 19.1. The summed E-state index contributed by atoms with van der Waals surface area (Å²) < 4.78 is 13.9. The summed E-state index contributed by atoms with van der Waals surface area (Å²) in [5.41, 5.74) is 1.12. The van der Waals surface area contributed by atoms with Gasteiger partial charge in [-0.1, -0.05) is 6.07 Å². The number of benzene rings is 1. The molecule has 0 aromatic heterocycles. The van der Waals surface area contributed by atoms with Crippen molar-refractivity contribution in [3.8, 4) is 6.07 Å². The number of nitrogens with zero attached hydrogens (tertiary/aromatic N) is 2. The molecule has 2 aliphatic carbocycles. The van der Waals surface area contributed by atoms with Gasteiger partial charge in [-0.2, -0.15) is 5.26 Å². The van der Waals surface area contributed by atoms with Crippen LogP contribution in [-0.2, 0) is 6.54 Å². The Bertz CT molecular complexity index is 484. The molecule has 0 bridgehead atoms. The number of hydrogen-bond donors (Lipinski definition) is 0. The average Bonchev–Trinajstić information content (AvgIpc) is 3.27. The summed E-state index contributed by atoms with van der Waals surface area (Å²) in [6.45, 7) is 2.90. The number of halogens is 1. The van der Waals surface area contributed by atoms with Crippen LogP contribution in [0.25, 0.3) is 0 Å². The van der Waals surface area contributed by atoms with Crippen molar-refractivity contribution < 1.29 is 4.39 Å². The fourth-order valence-corrected chi connectivity index (χ4v) is 2.52. The Kier molecular flexibility index (Phi) is 3.52. The Morgan fingerprint density at radius 1 is 1.16 bits per heavy atom. The summed E-state index contributed by atoms with van der Waals surface area (Å²) in [5, 5.41) is 8.76. The molecule has 0 aliphatic heterocycles. The van der Waals surface area contributed by atoms with Crippen molar-refractivity contribution in [1.82, 2.24) is 4.90 Å². The Hall–Kier alpha value is -1.40. The Morgan fingerprint density at radius 2 is 1.79 bits per heavy atom. The van der Waals surface area contributed by atoms with Crippen molar-refractivity contribution in [3.63, 3.8) is 0 Å². The zero-order valence-corrected chi connectivity index (χ0v) is 11.1. The molecule has 0 unspecified atom stereocenters. The summed E-state index contributed by atoms with van der Waals surface area (Å²) in [6, 6.07) is 6.81. The zero-order valence-electron chi connectivity index (χ0n) is 11.1. The molecule has 0 N–H and O–H groups in total. The second-order valence-corrected chi connectivity index (χ2v) is 6.00. The summed E-state index contributed by atoms with van der Waals surface area (Å²) in [7, 11) is 0. The SMILES string of the molecule is N#Cc1ccc(CN(CC2CC2)CC2CC2)c(F)c1. The smallest absolute Gasteiger partial charge is 0.129 e. The lowest BCUT2D eigenvalue weighted by molar-refractivity contribution is 0.241. The van der Waals surface area contributed by atoms with Crippen molar-refractivity contribution in [2.24, 2.45) is 11.8 Å². The Labute approximate surface area is 113 Å². The maximum absolute atomic E-state index is 13.9. The van der Waals surface area contributed by atoms with Gasteiger partial charge in [0.25, 0.3) is 0 Å². The first-order chi connectivity index (χ1) is 9.24. The Balaban J connectivity index is 1.67. The second-order valence-electron chi connectivity index (χ2n) is 6.00. The molecule has 100 valence electrons. The lowest BCUT2D eigenvalue weighted by Gasteiger charge is -2.22. The van der Waals surface area contributed by atoms with Crippen LogP contribution in [0.15, 0.2) is 18.2 Å². The molecule has 0 spiro atoms. The summed E-state index contributed by atoms with van der Waals surface area (Å²) in [4.78, 5) is 2.40. The van der Waals surface area contributed by atoms with E-state index in [1.54, 1.807) is 12.1 Å². The first-order valence-electron chi connectivity index (χ1n) is 7.15. The van der Waals surface area contributed by atoms with Crippen LogP contribution < -0.4 is 0 Å². The molecule has 2 fully saturated rings. The molecular formula is C16H19FN2. The van der Waals surface area contributed by atoms with Crippen molar-refractivity contribution in [1.29, 1.82) is 5.26 Å². The molecule has 0 saturated heterocycles. The van der Waals surface area contributed by atoms with E-state index >= 15 is 0 Å². The van der Waals surface area contributed by atoms with Crippen LogP contribution in [0.1, 0.15) is 36.8 Å². The monoisotopic (exact) mass is 258 g/mol. The third-order valence-corrected chi connectivity index (χ3v) is 4.00. The van der Waals surface area contributed by atoms with E-state index in [4.69, 9.17) is 5.26 Å². The normalized spacial score (nSPS) is 18.6. The van der Waals surface area contributed by atoms with Crippen molar-refractivity contribution in [2.75, 3.05) is 13.1 Å². The largest absolute Gasteiger partial charge is 0.298 e. The van der Waals surface area contributed by atoms with Crippen LogP contribution in [0.5, 0.6) is 0 Å². The lowest BCUT2D eigenvalue weighted by atomic mass is 10.1. The van der Waals surface area contributed by atoms with Gasteiger partial charge >= 0.3 is 0 Å². The molecule has 3 heteroatoms. The van der Waals surface area contributed by atoms with Gasteiger partial charge in [-0.05, 0) is 49.7 Å². The third kappa shape index (κ3) is 3.54. The van der Waals surface area contributed by atoms with Crippen LogP contribution in [0.4, 0.5) is 4.39 Å². The number of hydrogen-bond acceptors (Lipinski definition) is 2. The van der Waals surface area contributed by atoms with Crippen molar-refractivity contribution >= 4 is 0 Å². The van der Waals surface area contributed by atoms with E-state index in [1.807, 2.05) is 6.07 Å². The summed E-state index contributed by atoms with van der Waals surface area (Å²) in [6.07, 6.45) is 5.32. The first kappa shape index (κ1) is 12.6. The van der Waals surface area contributed by atoms with E-state index < -0.39 is 0 Å². The summed E-state index contributed by atoms with van der Waals surface area (Å²) >= 11 is 0. The Morgan fingerprint density at radius 3 is 2.26 bits per heavy atom. The van der Waals surface area contributed by atoms with Gasteiger partial charge < -0.3 is 0 Å². The highest BCUT2D eigenvalue weighted by molar-refractivity contribution is 5.32. The van der Waals surface area contributed by atoms with E-state index in [9.17, 15) is 4.39 Å².